The van der Waals surface area contributed by atoms with Crippen molar-refractivity contribution in [1.29, 1.82) is 0 Å². The van der Waals surface area contributed by atoms with Crippen molar-refractivity contribution in [2.45, 2.75) is 0 Å². The molecule has 0 aromatic carbocycles. The molecular formula is C4Br7O4Re. The molecule has 0 aliphatic rings. The van der Waals surface area contributed by atoms with Crippen LogP contribution in [0, 0.1) is 0 Å². The molecule has 0 amide bonds. The molecule has 0 heterocycles. The van der Waals surface area contributed by atoms with Gasteiger partial charge in [-0.3, -0.25) is 19.2 Å². The minimum absolute atomic E-state index is 0. The van der Waals surface area contributed by atoms with Crippen LogP contribution in [0.3, 0.4) is 0 Å². The van der Waals surface area contributed by atoms with Gasteiger partial charge in [0.2, 0.25) is 0 Å². The van der Waals surface area contributed by atoms with E-state index in [1.165, 1.54) is 0 Å². The summed E-state index contributed by atoms with van der Waals surface area (Å²) in [7, 11) is 0. The van der Waals surface area contributed by atoms with Gasteiger partial charge in [0.1, 0.15) is 0 Å². The van der Waals surface area contributed by atoms with Crippen LogP contribution in [-0.4, -0.2) is 27.2 Å². The molecule has 12 heteroatoms. The quantitative estimate of drug-likeness (QED) is 0.243. The summed E-state index contributed by atoms with van der Waals surface area (Å²) in [5.74, 6) is 0. The molecule has 0 aliphatic carbocycles. The molecule has 0 saturated heterocycles. The van der Waals surface area contributed by atoms with Crippen LogP contribution in [0.15, 0.2) is 0 Å². The van der Waals surface area contributed by atoms with Gasteiger partial charge in [-0.2, -0.15) is 0 Å². The second kappa shape index (κ2) is 676. The largest absolute Gasteiger partial charge is 7.00 e. The van der Waals surface area contributed by atoms with Crippen LogP contribution < -0.4 is 119 Å². The molecule has 0 bridgehead atoms. The maximum absolute atomic E-state index is 7.50. The van der Waals surface area contributed by atoms with Gasteiger partial charge in [0, 0.05) is 0 Å². The van der Waals surface area contributed by atoms with Crippen molar-refractivity contribution in [1.82, 2.24) is 0 Å². The number of hydrogen-bond acceptors (Lipinski definition) is 4. The molecule has 0 saturated carbocycles. The van der Waals surface area contributed by atoms with Gasteiger partial charge in [-0.15, -0.1) is 0 Å². The van der Waals surface area contributed by atoms with E-state index in [1.807, 2.05) is 0 Å². The van der Waals surface area contributed by atoms with Crippen LogP contribution in [0.5, 0.6) is 0 Å². The number of carbonyl (C=O) groups excluding carboxylic acids is 4. The third-order valence-corrected chi connectivity index (χ3v) is 0. The fourth-order valence-corrected chi connectivity index (χ4v) is 0. The zero-order valence-electron chi connectivity index (χ0n) is 6.66. The average molecular weight is 858 g/mol. The van der Waals surface area contributed by atoms with Gasteiger partial charge in [-0.05, 0) is 0 Å². The van der Waals surface area contributed by atoms with Gasteiger partial charge in [-0.1, -0.05) is 0 Å². The van der Waals surface area contributed by atoms with Crippen LogP contribution in [0.2, 0.25) is 0 Å². The Morgan fingerprint density at radius 1 is 0.312 bits per heavy atom. The third kappa shape index (κ3) is 564. The average Bonchev–Trinajstić information content (AvgIpc) is 2.03. The van der Waals surface area contributed by atoms with E-state index in [9.17, 15) is 0 Å². The minimum atomic E-state index is 0. The van der Waals surface area contributed by atoms with Gasteiger partial charge in [-0.25, -0.2) is 0 Å². The Balaban J connectivity index is -0.00000000114. The van der Waals surface area contributed by atoms with Gasteiger partial charge in [0.05, 0.1) is 0 Å². The van der Waals surface area contributed by atoms with Crippen molar-refractivity contribution in [2.24, 2.45) is 0 Å². The van der Waals surface area contributed by atoms with E-state index in [2.05, 4.69) is 27.2 Å². The second-order valence-corrected chi connectivity index (χ2v) is 0. The van der Waals surface area contributed by atoms with E-state index in [4.69, 9.17) is 19.2 Å². The summed E-state index contributed by atoms with van der Waals surface area (Å²) in [5, 5.41) is 0. The van der Waals surface area contributed by atoms with E-state index in [1.54, 1.807) is 0 Å². The second-order valence-electron chi connectivity index (χ2n) is 0. The van der Waals surface area contributed by atoms with Gasteiger partial charge in [0.25, 0.3) is 27.2 Å². The summed E-state index contributed by atoms with van der Waals surface area (Å²) in [6.45, 7) is 18.0. The van der Waals surface area contributed by atoms with Crippen LogP contribution in [0.1, 0.15) is 0 Å². The first-order valence-electron chi connectivity index (χ1n) is 0.816. The Bertz CT molecular complexity index is 36.3. The molecule has 0 N–H and O–H groups in total. The van der Waals surface area contributed by atoms with Crippen molar-refractivity contribution < 1.29 is 158 Å². The van der Waals surface area contributed by atoms with Crippen molar-refractivity contribution in [3.05, 3.63) is 0 Å². The van der Waals surface area contributed by atoms with Crippen molar-refractivity contribution in [3.8, 4) is 0 Å². The van der Waals surface area contributed by atoms with E-state index in [0.717, 1.165) is 0 Å². The van der Waals surface area contributed by atoms with E-state index in [0.29, 0.717) is 0 Å². The van der Waals surface area contributed by atoms with Gasteiger partial charge < -0.3 is 119 Å². The molecule has 0 fully saturated rings. The standard InChI is InChI=1S/4CO.7BrH.Re/c4*1-2;;;;;;;;/h;;;;7*1H;/q;;;;;;;;;;;+7/p-7. The van der Waals surface area contributed by atoms with Gasteiger partial charge in [0.15, 0.2) is 0 Å². The third-order valence-electron chi connectivity index (χ3n) is 0. The monoisotopic (exact) mass is 851 g/mol. The molecule has 96 valence electrons. The van der Waals surface area contributed by atoms with Crippen LogP contribution in [0.25, 0.3) is 0 Å². The number of halogens is 7. The zero-order chi connectivity index (χ0) is 8.00. The van der Waals surface area contributed by atoms with Crippen molar-refractivity contribution >= 4 is 27.2 Å². The Morgan fingerprint density at radius 3 is 0.312 bits per heavy atom. The Kier molecular flexibility index (Phi) is 5510. The minimum Gasteiger partial charge on any atom is -1.00 e. The maximum Gasteiger partial charge on any atom is 7.00 e. The molecule has 0 aliphatic heterocycles. The Labute approximate surface area is 183 Å². The molecular weight excluding hydrogens is 858 g/mol. The van der Waals surface area contributed by atoms with E-state index < -0.39 is 0 Å². The molecule has 0 atom stereocenters. The predicted molar refractivity (Wildman–Crippen MR) is 22.8 cm³/mol. The van der Waals surface area contributed by atoms with Crippen molar-refractivity contribution in [3.63, 3.8) is 0 Å². The summed E-state index contributed by atoms with van der Waals surface area (Å²) in [4.78, 5) is 30.0. The maximum atomic E-state index is 7.50. The zero-order valence-corrected chi connectivity index (χ0v) is 20.5. The molecule has 0 unspecified atom stereocenters. The summed E-state index contributed by atoms with van der Waals surface area (Å²) in [6.07, 6.45) is 0. The summed E-state index contributed by atoms with van der Waals surface area (Å²) in [5.41, 5.74) is 0. The fourth-order valence-electron chi connectivity index (χ4n) is 0. The molecule has 8 radical (unpaired) electrons. The normalized spacial score (nSPS) is 1.00. The fraction of sp³-hybridized carbons (Fsp3) is 0. The summed E-state index contributed by atoms with van der Waals surface area (Å²) < 4.78 is 0. The Morgan fingerprint density at radius 2 is 0.312 bits per heavy atom. The number of rotatable bonds is 0. The number of hydrogen-bond donors (Lipinski definition) is 0. The summed E-state index contributed by atoms with van der Waals surface area (Å²) >= 11 is 0. The van der Waals surface area contributed by atoms with Crippen molar-refractivity contribution in [2.75, 3.05) is 0 Å². The predicted octanol–water partition coefficient (Wildman–Crippen LogP) is -22.6. The first-order valence-corrected chi connectivity index (χ1v) is 0.816. The molecule has 0 aromatic heterocycles. The topological polar surface area (TPSA) is 68.3 Å². The molecule has 0 spiro atoms. The van der Waals surface area contributed by atoms with Crippen LogP contribution in [-0.2, 0) is 39.6 Å². The first-order chi connectivity index (χ1) is 4.00. The SMILES string of the molecule is [Br-].[Br-].[Br-].[Br-].[Br-].[Br-].[Br-].[C]=O.[C]=O.[C]=O.[C]=O.[Re+7]. The molecule has 16 heavy (non-hydrogen) atoms. The molecule has 0 aromatic rings. The molecule has 0 rings (SSSR count). The Hall–Kier alpha value is 2.70. The summed E-state index contributed by atoms with van der Waals surface area (Å²) in [6, 6.07) is 0. The van der Waals surface area contributed by atoms with Crippen LogP contribution in [0.4, 0.5) is 0 Å². The van der Waals surface area contributed by atoms with Gasteiger partial charge >= 0.3 is 20.4 Å². The molecule has 4 nitrogen and oxygen atoms in total. The van der Waals surface area contributed by atoms with E-state index >= 15 is 0 Å². The van der Waals surface area contributed by atoms with Crippen LogP contribution >= 0.6 is 0 Å². The smallest absolute Gasteiger partial charge is 1.00 e. The first kappa shape index (κ1) is 130. The van der Waals surface area contributed by atoms with E-state index in [-0.39, 0.29) is 139 Å².